The van der Waals surface area contributed by atoms with Crippen molar-refractivity contribution in [1.82, 2.24) is 9.59 Å². The Morgan fingerprint density at radius 3 is 2.70 bits per heavy atom. The van der Waals surface area contributed by atoms with Crippen LogP contribution in [0.5, 0.6) is 0 Å². The molecule has 2 aromatic rings. The highest BCUT2D eigenvalue weighted by Crippen LogP contribution is 2.28. The molecule has 0 aliphatic rings. The summed E-state index contributed by atoms with van der Waals surface area (Å²) < 4.78 is 17.5. The van der Waals surface area contributed by atoms with Crippen molar-refractivity contribution in [2.45, 2.75) is 26.2 Å². The molecule has 7 heteroatoms. The van der Waals surface area contributed by atoms with Gasteiger partial charge in [0.2, 0.25) is 0 Å². The minimum atomic E-state index is -0.576. The summed E-state index contributed by atoms with van der Waals surface area (Å²) in [5.74, 6) is -1.03. The molecule has 1 amide bonds. The number of amides is 1. The lowest BCUT2D eigenvalue weighted by Crippen LogP contribution is -2.20. The van der Waals surface area contributed by atoms with Crippen LogP contribution < -0.4 is 11.1 Å². The molecule has 0 saturated heterocycles. The monoisotopic (exact) mass is 294 g/mol. The van der Waals surface area contributed by atoms with Gasteiger partial charge in [-0.1, -0.05) is 31.3 Å². The number of rotatable bonds is 2. The van der Waals surface area contributed by atoms with Gasteiger partial charge in [0.15, 0.2) is 0 Å². The van der Waals surface area contributed by atoms with E-state index in [9.17, 15) is 9.18 Å². The Bertz CT molecular complexity index is 628. The number of nitrogen functional groups attached to an aromatic ring is 1. The Morgan fingerprint density at radius 1 is 1.40 bits per heavy atom. The first-order valence-corrected chi connectivity index (χ1v) is 6.76. The second-order valence-electron chi connectivity index (χ2n) is 5.36. The Kier molecular flexibility index (Phi) is 3.71. The summed E-state index contributed by atoms with van der Waals surface area (Å²) in [6.07, 6.45) is 0. The molecule has 0 radical (unpaired) electrons. The average molecular weight is 294 g/mol. The van der Waals surface area contributed by atoms with Crippen LogP contribution in [0.2, 0.25) is 0 Å². The number of benzene rings is 1. The lowest BCUT2D eigenvalue weighted by molar-refractivity contribution is 0.102. The number of anilines is 2. The lowest BCUT2D eigenvalue weighted by atomic mass is 9.91. The molecule has 3 N–H and O–H groups in total. The van der Waals surface area contributed by atoms with E-state index in [1.807, 2.05) is 20.8 Å². The van der Waals surface area contributed by atoms with Crippen molar-refractivity contribution in [2.24, 2.45) is 0 Å². The van der Waals surface area contributed by atoms with Gasteiger partial charge < -0.3 is 11.1 Å². The third-order valence-electron chi connectivity index (χ3n) is 2.69. The van der Waals surface area contributed by atoms with E-state index in [4.69, 9.17) is 5.73 Å². The van der Waals surface area contributed by atoms with Gasteiger partial charge in [0.1, 0.15) is 16.4 Å². The summed E-state index contributed by atoms with van der Waals surface area (Å²) in [6, 6.07) is 4.24. The Labute approximate surface area is 120 Å². The van der Waals surface area contributed by atoms with Crippen LogP contribution >= 0.6 is 11.5 Å². The van der Waals surface area contributed by atoms with Crippen LogP contribution in [0.3, 0.4) is 0 Å². The predicted molar refractivity (Wildman–Crippen MR) is 77.4 cm³/mol. The SMILES string of the molecule is CC(C)(C)c1nnsc1C(=O)Nc1c(N)cccc1F. The van der Waals surface area contributed by atoms with Crippen LogP contribution in [0, 0.1) is 5.82 Å². The molecule has 1 aromatic carbocycles. The van der Waals surface area contributed by atoms with E-state index in [1.165, 1.54) is 18.2 Å². The minimum absolute atomic E-state index is 0.0224. The average Bonchev–Trinajstić information content (AvgIpc) is 2.82. The van der Waals surface area contributed by atoms with Crippen molar-refractivity contribution >= 4 is 28.8 Å². The number of hydrogen-bond acceptors (Lipinski definition) is 5. The van der Waals surface area contributed by atoms with E-state index < -0.39 is 11.7 Å². The van der Waals surface area contributed by atoms with Crippen LogP contribution in [0.1, 0.15) is 36.1 Å². The minimum Gasteiger partial charge on any atom is -0.397 e. The fraction of sp³-hybridized carbons (Fsp3) is 0.308. The summed E-state index contributed by atoms with van der Waals surface area (Å²) in [4.78, 5) is 12.6. The zero-order valence-corrected chi connectivity index (χ0v) is 12.2. The van der Waals surface area contributed by atoms with E-state index >= 15 is 0 Å². The molecule has 0 unspecified atom stereocenters. The van der Waals surface area contributed by atoms with Gasteiger partial charge in [-0.25, -0.2) is 4.39 Å². The van der Waals surface area contributed by atoms with Crippen LogP contribution in [-0.4, -0.2) is 15.5 Å². The summed E-state index contributed by atoms with van der Waals surface area (Å²) in [7, 11) is 0. The first-order chi connectivity index (χ1) is 9.30. The van der Waals surface area contributed by atoms with Crippen molar-refractivity contribution in [1.29, 1.82) is 0 Å². The van der Waals surface area contributed by atoms with Gasteiger partial charge in [-0.05, 0) is 23.7 Å². The van der Waals surface area contributed by atoms with Gasteiger partial charge in [0.05, 0.1) is 11.4 Å². The van der Waals surface area contributed by atoms with Crippen molar-refractivity contribution in [3.63, 3.8) is 0 Å². The summed E-state index contributed by atoms with van der Waals surface area (Å²) >= 11 is 0.979. The van der Waals surface area contributed by atoms with Gasteiger partial charge in [-0.3, -0.25) is 4.79 Å². The van der Waals surface area contributed by atoms with E-state index in [-0.39, 0.29) is 16.8 Å². The van der Waals surface area contributed by atoms with Crippen LogP contribution in [0.4, 0.5) is 15.8 Å². The van der Waals surface area contributed by atoms with Crippen LogP contribution in [0.15, 0.2) is 18.2 Å². The van der Waals surface area contributed by atoms with E-state index in [2.05, 4.69) is 14.9 Å². The van der Waals surface area contributed by atoms with Gasteiger partial charge >= 0.3 is 0 Å². The van der Waals surface area contributed by atoms with E-state index in [0.29, 0.717) is 10.6 Å². The maximum atomic E-state index is 13.7. The van der Waals surface area contributed by atoms with E-state index in [1.54, 1.807) is 0 Å². The topological polar surface area (TPSA) is 80.9 Å². The molecule has 20 heavy (non-hydrogen) atoms. The molecule has 0 bridgehead atoms. The quantitative estimate of drug-likeness (QED) is 0.835. The molecule has 0 atom stereocenters. The molecular weight excluding hydrogens is 279 g/mol. The maximum Gasteiger partial charge on any atom is 0.269 e. The van der Waals surface area contributed by atoms with E-state index in [0.717, 1.165) is 11.5 Å². The smallest absolute Gasteiger partial charge is 0.269 e. The number of hydrogen-bond donors (Lipinski definition) is 2. The number of para-hydroxylation sites is 1. The standard InChI is InChI=1S/C13H15FN4OS/c1-13(2,3)11-10(20-18-17-11)12(19)16-9-7(14)5-4-6-8(9)15/h4-6H,15H2,1-3H3,(H,16,19). The fourth-order valence-electron chi connectivity index (χ4n) is 1.67. The first kappa shape index (κ1) is 14.4. The lowest BCUT2D eigenvalue weighted by Gasteiger charge is -2.16. The van der Waals surface area contributed by atoms with Gasteiger partial charge in [0, 0.05) is 5.41 Å². The summed E-state index contributed by atoms with van der Waals surface area (Å²) in [5, 5.41) is 6.46. The number of carbonyl (C=O) groups is 1. The molecule has 0 saturated carbocycles. The second kappa shape index (κ2) is 5.16. The maximum absolute atomic E-state index is 13.7. The van der Waals surface area contributed by atoms with Crippen molar-refractivity contribution in [3.05, 3.63) is 34.6 Å². The Morgan fingerprint density at radius 2 is 2.10 bits per heavy atom. The van der Waals surface area contributed by atoms with Crippen molar-refractivity contribution in [2.75, 3.05) is 11.1 Å². The summed E-state index contributed by atoms with van der Waals surface area (Å²) in [6.45, 7) is 5.79. The highest BCUT2D eigenvalue weighted by atomic mass is 32.1. The highest BCUT2D eigenvalue weighted by molar-refractivity contribution is 7.08. The third kappa shape index (κ3) is 2.77. The molecular formula is C13H15FN4OS. The van der Waals surface area contributed by atoms with Crippen molar-refractivity contribution in [3.8, 4) is 0 Å². The molecule has 1 heterocycles. The molecule has 5 nitrogen and oxygen atoms in total. The second-order valence-corrected chi connectivity index (χ2v) is 6.11. The number of carbonyl (C=O) groups excluding carboxylic acids is 1. The molecule has 106 valence electrons. The number of aromatic nitrogens is 2. The molecule has 2 rings (SSSR count). The summed E-state index contributed by atoms with van der Waals surface area (Å²) in [5.41, 5.74) is 6.08. The zero-order valence-electron chi connectivity index (χ0n) is 11.4. The predicted octanol–water partition coefficient (Wildman–Crippen LogP) is 2.81. The normalized spacial score (nSPS) is 11.4. The van der Waals surface area contributed by atoms with Gasteiger partial charge in [0.25, 0.3) is 5.91 Å². The third-order valence-corrected chi connectivity index (χ3v) is 3.41. The van der Waals surface area contributed by atoms with Crippen LogP contribution in [0.25, 0.3) is 0 Å². The largest absolute Gasteiger partial charge is 0.397 e. The van der Waals surface area contributed by atoms with Crippen molar-refractivity contribution < 1.29 is 9.18 Å². The molecule has 1 aromatic heterocycles. The number of nitrogens with zero attached hydrogens (tertiary/aromatic N) is 2. The fourth-order valence-corrected chi connectivity index (χ4v) is 2.44. The van der Waals surface area contributed by atoms with Gasteiger partial charge in [-0.15, -0.1) is 5.10 Å². The molecule has 0 aliphatic carbocycles. The Hall–Kier alpha value is -2.02. The molecule has 0 spiro atoms. The number of halogens is 1. The number of nitrogens with two attached hydrogens (primary N) is 1. The molecule has 0 fully saturated rings. The zero-order chi connectivity index (χ0) is 14.9. The first-order valence-electron chi connectivity index (χ1n) is 5.99. The Balaban J connectivity index is 2.32. The number of nitrogens with one attached hydrogen (secondary N) is 1. The van der Waals surface area contributed by atoms with Gasteiger partial charge in [-0.2, -0.15) is 0 Å². The highest BCUT2D eigenvalue weighted by Gasteiger charge is 2.27. The molecule has 0 aliphatic heterocycles. The van der Waals surface area contributed by atoms with Crippen LogP contribution in [-0.2, 0) is 5.41 Å².